The van der Waals surface area contributed by atoms with Gasteiger partial charge in [-0.05, 0) is 30.5 Å². The molecular formula is C15H21NO3S. The molecule has 1 heterocycles. The number of ether oxygens (including phenoxy) is 2. The van der Waals surface area contributed by atoms with Crippen LogP contribution < -0.4 is 10.1 Å². The first kappa shape index (κ1) is 15.2. The summed E-state index contributed by atoms with van der Waals surface area (Å²) in [5.74, 6) is 2.25. The van der Waals surface area contributed by atoms with E-state index in [9.17, 15) is 4.79 Å². The van der Waals surface area contributed by atoms with Crippen molar-refractivity contribution in [1.29, 1.82) is 0 Å². The Balaban J connectivity index is 1.60. The van der Waals surface area contributed by atoms with E-state index < -0.39 is 0 Å². The largest absolute Gasteiger partial charge is 0.497 e. The Bertz CT molecular complexity index is 416. The van der Waals surface area contributed by atoms with Crippen LogP contribution in [0.25, 0.3) is 0 Å². The van der Waals surface area contributed by atoms with Gasteiger partial charge >= 0.3 is 0 Å². The number of hydrogen-bond donors (Lipinski definition) is 1. The van der Waals surface area contributed by atoms with Crippen molar-refractivity contribution in [3.8, 4) is 5.75 Å². The van der Waals surface area contributed by atoms with Gasteiger partial charge in [0.25, 0.3) is 0 Å². The van der Waals surface area contributed by atoms with Crippen LogP contribution in [0, 0.1) is 0 Å². The highest BCUT2D eigenvalue weighted by molar-refractivity contribution is 7.99. The van der Waals surface area contributed by atoms with Gasteiger partial charge in [-0.3, -0.25) is 4.79 Å². The number of nitrogens with one attached hydrogen (secondary N) is 1. The van der Waals surface area contributed by atoms with Gasteiger partial charge in [0.05, 0.1) is 19.0 Å². The van der Waals surface area contributed by atoms with E-state index in [4.69, 9.17) is 9.47 Å². The average molecular weight is 295 g/mol. The molecule has 1 aromatic carbocycles. The van der Waals surface area contributed by atoms with Crippen molar-refractivity contribution >= 4 is 17.7 Å². The van der Waals surface area contributed by atoms with Crippen LogP contribution >= 0.6 is 11.8 Å². The van der Waals surface area contributed by atoms with Crippen molar-refractivity contribution in [3.63, 3.8) is 0 Å². The molecule has 110 valence electrons. The summed E-state index contributed by atoms with van der Waals surface area (Å²) in [5, 5.41) is 2.92. The predicted octanol–water partition coefficient (Wildman–Crippen LogP) is 2.22. The van der Waals surface area contributed by atoms with E-state index >= 15 is 0 Å². The van der Waals surface area contributed by atoms with Crippen molar-refractivity contribution in [1.82, 2.24) is 5.32 Å². The lowest BCUT2D eigenvalue weighted by atomic mass is 10.2. The minimum absolute atomic E-state index is 0.0824. The fourth-order valence-corrected chi connectivity index (χ4v) is 2.89. The van der Waals surface area contributed by atoms with Crippen molar-refractivity contribution in [2.75, 3.05) is 26.0 Å². The van der Waals surface area contributed by atoms with Gasteiger partial charge in [0.15, 0.2) is 0 Å². The van der Waals surface area contributed by atoms with E-state index in [0.717, 1.165) is 31.0 Å². The molecule has 0 bridgehead atoms. The smallest absolute Gasteiger partial charge is 0.230 e. The molecule has 4 nitrogen and oxygen atoms in total. The minimum atomic E-state index is 0.0824. The summed E-state index contributed by atoms with van der Waals surface area (Å²) in [6.45, 7) is 1.47. The van der Waals surface area contributed by atoms with Crippen LogP contribution in [0.5, 0.6) is 5.75 Å². The lowest BCUT2D eigenvalue weighted by molar-refractivity contribution is -0.119. The van der Waals surface area contributed by atoms with Crippen molar-refractivity contribution in [2.45, 2.75) is 24.7 Å². The fourth-order valence-electron chi connectivity index (χ4n) is 2.07. The van der Waals surface area contributed by atoms with Crippen LogP contribution in [0.15, 0.2) is 24.3 Å². The fraction of sp³-hybridized carbons (Fsp3) is 0.533. The molecule has 1 fully saturated rings. The van der Waals surface area contributed by atoms with Crippen LogP contribution in [-0.2, 0) is 15.3 Å². The Morgan fingerprint density at radius 1 is 1.45 bits per heavy atom. The van der Waals surface area contributed by atoms with Gasteiger partial charge in [0.1, 0.15) is 5.75 Å². The van der Waals surface area contributed by atoms with E-state index in [1.54, 1.807) is 18.9 Å². The zero-order valence-electron chi connectivity index (χ0n) is 11.8. The zero-order chi connectivity index (χ0) is 14.2. The van der Waals surface area contributed by atoms with Gasteiger partial charge < -0.3 is 14.8 Å². The molecule has 0 spiro atoms. The van der Waals surface area contributed by atoms with Gasteiger partial charge in [-0.1, -0.05) is 12.1 Å². The van der Waals surface area contributed by atoms with Crippen molar-refractivity contribution in [3.05, 3.63) is 29.8 Å². The predicted molar refractivity (Wildman–Crippen MR) is 81.1 cm³/mol. The van der Waals surface area contributed by atoms with Crippen LogP contribution in [0.1, 0.15) is 18.4 Å². The van der Waals surface area contributed by atoms with Crippen LogP contribution in [0.4, 0.5) is 0 Å². The minimum Gasteiger partial charge on any atom is -0.497 e. The maximum atomic E-state index is 11.7. The first-order valence-electron chi connectivity index (χ1n) is 6.87. The normalized spacial score (nSPS) is 17.9. The molecule has 1 atom stereocenters. The maximum absolute atomic E-state index is 11.7. The SMILES string of the molecule is COc1ccc(CSCC(=O)NC[C@H]2CCCO2)cc1. The topological polar surface area (TPSA) is 47.6 Å². The van der Waals surface area contributed by atoms with Crippen molar-refractivity contribution < 1.29 is 14.3 Å². The molecule has 0 saturated carbocycles. The molecule has 1 aliphatic rings. The zero-order valence-corrected chi connectivity index (χ0v) is 12.6. The van der Waals surface area contributed by atoms with E-state index in [2.05, 4.69) is 5.32 Å². The Labute approximate surface area is 124 Å². The summed E-state index contributed by atoms with van der Waals surface area (Å²) in [5.41, 5.74) is 1.20. The van der Waals surface area contributed by atoms with Gasteiger partial charge in [-0.15, -0.1) is 11.8 Å². The summed E-state index contributed by atoms with van der Waals surface area (Å²) in [7, 11) is 1.65. The Kier molecular flexibility index (Phi) is 6.21. The number of carbonyl (C=O) groups excluding carboxylic acids is 1. The van der Waals surface area contributed by atoms with Crippen LogP contribution in [-0.4, -0.2) is 38.0 Å². The molecule has 20 heavy (non-hydrogen) atoms. The van der Waals surface area contributed by atoms with Gasteiger partial charge in [0, 0.05) is 18.9 Å². The Hall–Kier alpha value is -1.20. The molecule has 1 aliphatic heterocycles. The highest BCUT2D eigenvalue weighted by Gasteiger charge is 2.15. The van der Waals surface area contributed by atoms with E-state index in [0.29, 0.717) is 12.3 Å². The molecule has 0 radical (unpaired) electrons. The van der Waals surface area contributed by atoms with Gasteiger partial charge in [-0.2, -0.15) is 0 Å². The monoisotopic (exact) mass is 295 g/mol. The molecule has 0 aliphatic carbocycles. The summed E-state index contributed by atoms with van der Waals surface area (Å²) in [6, 6.07) is 7.92. The summed E-state index contributed by atoms with van der Waals surface area (Å²) < 4.78 is 10.6. The number of rotatable bonds is 7. The second-order valence-electron chi connectivity index (χ2n) is 4.78. The Morgan fingerprint density at radius 3 is 2.90 bits per heavy atom. The Morgan fingerprint density at radius 2 is 2.25 bits per heavy atom. The number of carbonyl (C=O) groups is 1. The maximum Gasteiger partial charge on any atom is 0.230 e. The molecule has 1 aromatic rings. The van der Waals surface area contributed by atoms with Gasteiger partial charge in [-0.25, -0.2) is 0 Å². The van der Waals surface area contributed by atoms with Crippen LogP contribution in [0.3, 0.4) is 0 Å². The molecule has 5 heteroatoms. The average Bonchev–Trinajstić information content (AvgIpc) is 2.99. The second kappa shape index (κ2) is 8.17. The molecule has 0 aromatic heterocycles. The molecule has 1 N–H and O–H groups in total. The molecule has 2 rings (SSSR count). The highest BCUT2D eigenvalue weighted by Crippen LogP contribution is 2.16. The van der Waals surface area contributed by atoms with E-state index in [1.165, 1.54) is 5.56 Å². The highest BCUT2D eigenvalue weighted by atomic mass is 32.2. The number of benzene rings is 1. The number of hydrogen-bond acceptors (Lipinski definition) is 4. The third-order valence-electron chi connectivity index (χ3n) is 3.21. The van der Waals surface area contributed by atoms with Crippen molar-refractivity contribution in [2.24, 2.45) is 0 Å². The third kappa shape index (κ3) is 5.06. The van der Waals surface area contributed by atoms with E-state index in [-0.39, 0.29) is 12.0 Å². The molecular weight excluding hydrogens is 274 g/mol. The van der Waals surface area contributed by atoms with Crippen LogP contribution in [0.2, 0.25) is 0 Å². The summed E-state index contributed by atoms with van der Waals surface area (Å²) in [6.07, 6.45) is 2.37. The standard InChI is InChI=1S/C15H21NO3S/c1-18-13-6-4-12(5-7-13)10-20-11-15(17)16-9-14-3-2-8-19-14/h4-7,14H,2-3,8-11H2,1H3,(H,16,17)/t14-/m1/s1. The first-order valence-corrected chi connectivity index (χ1v) is 8.02. The molecule has 0 unspecified atom stereocenters. The molecule has 1 saturated heterocycles. The lowest BCUT2D eigenvalue weighted by Gasteiger charge is -2.10. The number of amides is 1. The number of thioether (sulfide) groups is 1. The molecule has 1 amide bonds. The third-order valence-corrected chi connectivity index (χ3v) is 4.22. The first-order chi connectivity index (χ1) is 9.78. The summed E-state index contributed by atoms with van der Waals surface area (Å²) in [4.78, 5) is 11.7. The number of methoxy groups -OCH3 is 1. The van der Waals surface area contributed by atoms with E-state index in [1.807, 2.05) is 24.3 Å². The second-order valence-corrected chi connectivity index (χ2v) is 5.77. The quantitative estimate of drug-likeness (QED) is 0.838. The van der Waals surface area contributed by atoms with Gasteiger partial charge in [0.2, 0.25) is 5.91 Å². The lowest BCUT2D eigenvalue weighted by Crippen LogP contribution is -2.32. The summed E-state index contributed by atoms with van der Waals surface area (Å²) >= 11 is 1.62.